The standard InChI is InChI=1S/C16H20N2O4/c1-4-18(10-9-15(19)21-3)16(20)12(2)22-14-8-6-5-7-13(14)11-17/h5-8,12H,4,9-10H2,1-3H3. The fraction of sp³-hybridized carbons (Fsp3) is 0.438. The van der Waals surface area contributed by atoms with Gasteiger partial charge in [-0.3, -0.25) is 9.59 Å². The number of para-hydroxylation sites is 1. The molecule has 1 atom stereocenters. The number of esters is 1. The molecule has 22 heavy (non-hydrogen) atoms. The molecule has 0 fully saturated rings. The largest absolute Gasteiger partial charge is 0.480 e. The van der Waals surface area contributed by atoms with Gasteiger partial charge in [-0.25, -0.2) is 0 Å². The number of methoxy groups -OCH3 is 1. The molecule has 1 unspecified atom stereocenters. The molecule has 1 rings (SSSR count). The minimum absolute atomic E-state index is 0.136. The summed E-state index contributed by atoms with van der Waals surface area (Å²) in [5, 5.41) is 9.02. The smallest absolute Gasteiger partial charge is 0.307 e. The van der Waals surface area contributed by atoms with Gasteiger partial charge in [0.15, 0.2) is 6.10 Å². The van der Waals surface area contributed by atoms with E-state index in [4.69, 9.17) is 10.00 Å². The van der Waals surface area contributed by atoms with Crippen LogP contribution in [0.25, 0.3) is 0 Å². The third-order valence-electron chi connectivity index (χ3n) is 3.17. The molecule has 0 saturated carbocycles. The molecule has 6 nitrogen and oxygen atoms in total. The van der Waals surface area contributed by atoms with Gasteiger partial charge in [0.2, 0.25) is 0 Å². The van der Waals surface area contributed by atoms with Crippen LogP contribution in [-0.4, -0.2) is 43.1 Å². The van der Waals surface area contributed by atoms with Crippen LogP contribution in [0.5, 0.6) is 5.75 Å². The third-order valence-corrected chi connectivity index (χ3v) is 3.17. The summed E-state index contributed by atoms with van der Waals surface area (Å²) in [6.07, 6.45) is -0.607. The fourth-order valence-electron chi connectivity index (χ4n) is 1.91. The van der Waals surface area contributed by atoms with Crippen molar-refractivity contribution < 1.29 is 19.1 Å². The first kappa shape index (κ1) is 17.5. The summed E-state index contributed by atoms with van der Waals surface area (Å²) in [7, 11) is 1.31. The molecule has 1 aromatic carbocycles. The number of rotatable bonds is 7. The Hall–Kier alpha value is -2.55. The second-order valence-corrected chi connectivity index (χ2v) is 4.61. The topological polar surface area (TPSA) is 79.6 Å². The van der Waals surface area contributed by atoms with Crippen molar-refractivity contribution in [3.8, 4) is 11.8 Å². The minimum atomic E-state index is -0.743. The number of hydrogen-bond acceptors (Lipinski definition) is 5. The van der Waals surface area contributed by atoms with Gasteiger partial charge in [0, 0.05) is 13.1 Å². The van der Waals surface area contributed by atoms with Gasteiger partial charge in [0.25, 0.3) is 5.91 Å². The van der Waals surface area contributed by atoms with Gasteiger partial charge < -0.3 is 14.4 Å². The molecule has 6 heteroatoms. The van der Waals surface area contributed by atoms with Crippen LogP contribution in [0.2, 0.25) is 0 Å². The Morgan fingerprint density at radius 2 is 2.05 bits per heavy atom. The zero-order valence-electron chi connectivity index (χ0n) is 13.0. The highest BCUT2D eigenvalue weighted by Crippen LogP contribution is 2.18. The van der Waals surface area contributed by atoms with E-state index in [0.717, 1.165) is 0 Å². The summed E-state index contributed by atoms with van der Waals surface area (Å²) in [6, 6.07) is 8.76. The zero-order valence-corrected chi connectivity index (χ0v) is 13.0. The number of likely N-dealkylation sites (N-methyl/N-ethyl adjacent to an activating group) is 1. The number of benzene rings is 1. The highest BCUT2D eigenvalue weighted by Gasteiger charge is 2.22. The maximum Gasteiger partial charge on any atom is 0.307 e. The molecule has 1 amide bonds. The normalized spacial score (nSPS) is 11.2. The lowest BCUT2D eigenvalue weighted by atomic mass is 10.2. The number of ether oxygens (including phenoxy) is 2. The van der Waals surface area contributed by atoms with E-state index in [2.05, 4.69) is 4.74 Å². The molecule has 0 heterocycles. The second-order valence-electron chi connectivity index (χ2n) is 4.61. The van der Waals surface area contributed by atoms with Crippen LogP contribution >= 0.6 is 0 Å². The average Bonchev–Trinajstić information content (AvgIpc) is 2.55. The van der Waals surface area contributed by atoms with Crippen molar-refractivity contribution in [1.82, 2.24) is 4.90 Å². The number of carbonyl (C=O) groups excluding carboxylic acids is 2. The summed E-state index contributed by atoms with van der Waals surface area (Å²) in [6.45, 7) is 4.18. The van der Waals surface area contributed by atoms with Gasteiger partial charge in [-0.2, -0.15) is 5.26 Å². The first-order valence-corrected chi connectivity index (χ1v) is 7.04. The molecule has 0 aromatic heterocycles. The average molecular weight is 304 g/mol. The van der Waals surface area contributed by atoms with Gasteiger partial charge >= 0.3 is 5.97 Å². The van der Waals surface area contributed by atoms with Crippen LogP contribution in [0.4, 0.5) is 0 Å². The van der Waals surface area contributed by atoms with Crippen LogP contribution in [0.15, 0.2) is 24.3 Å². The van der Waals surface area contributed by atoms with Crippen LogP contribution in [0.1, 0.15) is 25.8 Å². The zero-order chi connectivity index (χ0) is 16.5. The Balaban J connectivity index is 2.70. The van der Waals surface area contributed by atoms with E-state index < -0.39 is 6.10 Å². The number of nitrogens with zero attached hydrogens (tertiary/aromatic N) is 2. The molecule has 0 aliphatic heterocycles. The maximum atomic E-state index is 12.3. The highest BCUT2D eigenvalue weighted by atomic mass is 16.5. The van der Waals surface area contributed by atoms with Gasteiger partial charge in [-0.1, -0.05) is 12.1 Å². The van der Waals surface area contributed by atoms with E-state index in [9.17, 15) is 9.59 Å². The van der Waals surface area contributed by atoms with Crippen molar-refractivity contribution in [3.63, 3.8) is 0 Å². The predicted molar refractivity (Wildman–Crippen MR) is 80.1 cm³/mol. The molecule has 1 aromatic rings. The lowest BCUT2D eigenvalue weighted by molar-refractivity contribution is -0.143. The van der Waals surface area contributed by atoms with Crippen molar-refractivity contribution in [2.45, 2.75) is 26.4 Å². The maximum absolute atomic E-state index is 12.3. The Labute approximate surface area is 130 Å². The van der Waals surface area contributed by atoms with Crippen molar-refractivity contribution in [1.29, 1.82) is 5.26 Å². The molecule has 0 bridgehead atoms. The molecule has 0 aliphatic carbocycles. The molecule has 0 saturated heterocycles. The number of carbonyl (C=O) groups is 2. The minimum Gasteiger partial charge on any atom is -0.480 e. The van der Waals surface area contributed by atoms with Crippen molar-refractivity contribution >= 4 is 11.9 Å². The van der Waals surface area contributed by atoms with E-state index >= 15 is 0 Å². The van der Waals surface area contributed by atoms with E-state index in [0.29, 0.717) is 17.9 Å². The number of amides is 1. The fourth-order valence-corrected chi connectivity index (χ4v) is 1.91. The Bertz CT molecular complexity index is 566. The van der Waals surface area contributed by atoms with Crippen molar-refractivity contribution in [2.24, 2.45) is 0 Å². The SMILES string of the molecule is CCN(CCC(=O)OC)C(=O)C(C)Oc1ccccc1C#N. The third kappa shape index (κ3) is 4.77. The Morgan fingerprint density at radius 3 is 2.64 bits per heavy atom. The van der Waals surface area contributed by atoms with Crippen LogP contribution < -0.4 is 4.74 Å². The highest BCUT2D eigenvalue weighted by molar-refractivity contribution is 5.81. The molecular weight excluding hydrogens is 284 g/mol. The second kappa shape index (κ2) is 8.67. The molecule has 0 aliphatic rings. The predicted octanol–water partition coefficient (Wildman–Crippen LogP) is 1.74. The lowest BCUT2D eigenvalue weighted by Gasteiger charge is -2.24. The first-order valence-electron chi connectivity index (χ1n) is 7.04. The monoisotopic (exact) mass is 304 g/mol. The van der Waals surface area contributed by atoms with Gasteiger partial charge in [-0.05, 0) is 26.0 Å². The summed E-state index contributed by atoms with van der Waals surface area (Å²) in [5.41, 5.74) is 0.375. The number of nitriles is 1. The summed E-state index contributed by atoms with van der Waals surface area (Å²) < 4.78 is 10.2. The van der Waals surface area contributed by atoms with E-state index in [1.54, 1.807) is 31.2 Å². The summed E-state index contributed by atoms with van der Waals surface area (Å²) in [5.74, 6) is -0.233. The Morgan fingerprint density at radius 1 is 1.36 bits per heavy atom. The van der Waals surface area contributed by atoms with Crippen molar-refractivity contribution in [2.75, 3.05) is 20.2 Å². The van der Waals surface area contributed by atoms with E-state index in [1.165, 1.54) is 12.0 Å². The molecule has 0 N–H and O–H groups in total. The Kier molecular flexibility index (Phi) is 6.90. The first-order chi connectivity index (χ1) is 10.5. The molecule has 118 valence electrons. The molecular formula is C16H20N2O4. The van der Waals surface area contributed by atoms with Crippen LogP contribution in [0.3, 0.4) is 0 Å². The van der Waals surface area contributed by atoms with Gasteiger partial charge in [0.1, 0.15) is 11.8 Å². The van der Waals surface area contributed by atoms with Gasteiger partial charge in [-0.15, -0.1) is 0 Å². The van der Waals surface area contributed by atoms with E-state index in [-0.39, 0.29) is 24.8 Å². The van der Waals surface area contributed by atoms with E-state index in [1.807, 2.05) is 13.0 Å². The van der Waals surface area contributed by atoms with Crippen LogP contribution in [-0.2, 0) is 14.3 Å². The van der Waals surface area contributed by atoms with Gasteiger partial charge in [0.05, 0.1) is 19.1 Å². The lowest BCUT2D eigenvalue weighted by Crippen LogP contribution is -2.41. The van der Waals surface area contributed by atoms with Crippen LogP contribution in [0, 0.1) is 11.3 Å². The summed E-state index contributed by atoms with van der Waals surface area (Å²) >= 11 is 0. The van der Waals surface area contributed by atoms with Crippen molar-refractivity contribution in [3.05, 3.63) is 29.8 Å². The molecule has 0 spiro atoms. The quantitative estimate of drug-likeness (QED) is 0.717. The summed E-state index contributed by atoms with van der Waals surface area (Å²) in [4.78, 5) is 25.0. The number of hydrogen-bond donors (Lipinski definition) is 0. The molecule has 0 radical (unpaired) electrons.